The number of carbonyl (C=O) groups excluding carboxylic acids is 1. The van der Waals surface area contributed by atoms with Gasteiger partial charge in [-0.15, -0.1) is 0 Å². The maximum Gasteiger partial charge on any atom is 0.254 e. The summed E-state index contributed by atoms with van der Waals surface area (Å²) in [6.07, 6.45) is 0.906. The minimum atomic E-state index is 0.0491. The third-order valence-electron chi connectivity index (χ3n) is 4.98. The van der Waals surface area contributed by atoms with Crippen LogP contribution in [0.15, 0.2) is 42.5 Å². The molecule has 3 nitrogen and oxygen atoms in total. The summed E-state index contributed by atoms with van der Waals surface area (Å²) in [6, 6.07) is 13.9. The minimum absolute atomic E-state index is 0.0491. The number of likely N-dealkylation sites (tertiary alicyclic amines) is 1. The molecule has 2 atom stereocenters. The lowest BCUT2D eigenvalue weighted by molar-refractivity contribution is 0.0679. The second kappa shape index (κ2) is 7.59. The Morgan fingerprint density at radius 1 is 1.20 bits per heavy atom. The molecule has 4 heteroatoms. The second-order valence-electron chi connectivity index (χ2n) is 6.90. The molecule has 0 aromatic heterocycles. The summed E-state index contributed by atoms with van der Waals surface area (Å²) in [5.74, 6) is 0.370. The highest BCUT2D eigenvalue weighted by Crippen LogP contribution is 2.26. The maximum absolute atomic E-state index is 13.0. The van der Waals surface area contributed by atoms with Crippen LogP contribution in [0.25, 0.3) is 0 Å². The van der Waals surface area contributed by atoms with E-state index in [0.29, 0.717) is 13.1 Å². The number of nitrogens with zero attached hydrogens (tertiary/aromatic N) is 1. The first-order valence-corrected chi connectivity index (χ1v) is 8.99. The van der Waals surface area contributed by atoms with Crippen LogP contribution in [0.2, 0.25) is 5.02 Å². The fourth-order valence-corrected chi connectivity index (χ4v) is 3.79. The summed E-state index contributed by atoms with van der Waals surface area (Å²) in [5, 5.41) is 0.743. The lowest BCUT2D eigenvalue weighted by atomic mass is 9.96. The molecule has 1 saturated heterocycles. The molecule has 132 valence electrons. The van der Waals surface area contributed by atoms with Crippen molar-refractivity contribution in [1.29, 1.82) is 0 Å². The second-order valence-corrected chi connectivity index (χ2v) is 7.33. The van der Waals surface area contributed by atoms with Crippen molar-refractivity contribution in [3.05, 3.63) is 69.7 Å². The molecule has 0 bridgehead atoms. The lowest BCUT2D eigenvalue weighted by Crippen LogP contribution is -2.30. The van der Waals surface area contributed by atoms with Crippen LogP contribution in [0.3, 0.4) is 0 Å². The largest absolute Gasteiger partial charge is 0.379 e. The topological polar surface area (TPSA) is 29.5 Å². The Kier molecular flexibility index (Phi) is 5.45. The average molecular weight is 358 g/mol. The standard InChI is InChI=1S/C21H24ClNO2/c1-14-7-8-15(2)19(9-14)21(24)23-12-17(20(13-23)25-3)10-16-5-4-6-18(22)11-16/h4-9,11,17,20H,10,12-13H2,1-3H3. The SMILES string of the molecule is COC1CN(C(=O)c2cc(C)ccc2C)CC1Cc1cccc(Cl)c1. The highest BCUT2D eigenvalue weighted by atomic mass is 35.5. The first-order chi connectivity index (χ1) is 12.0. The van der Waals surface area contributed by atoms with Gasteiger partial charge < -0.3 is 9.64 Å². The number of amides is 1. The number of carbonyl (C=O) groups is 1. The van der Waals surface area contributed by atoms with Crippen LogP contribution in [-0.2, 0) is 11.2 Å². The molecule has 2 aromatic carbocycles. The molecule has 1 aliphatic rings. The van der Waals surface area contributed by atoms with Crippen molar-refractivity contribution < 1.29 is 9.53 Å². The van der Waals surface area contributed by atoms with Crippen molar-refractivity contribution in [2.45, 2.75) is 26.4 Å². The zero-order chi connectivity index (χ0) is 18.0. The molecule has 0 radical (unpaired) electrons. The minimum Gasteiger partial charge on any atom is -0.379 e. The Bertz CT molecular complexity index is 774. The van der Waals surface area contributed by atoms with E-state index in [9.17, 15) is 4.79 Å². The van der Waals surface area contributed by atoms with E-state index in [4.69, 9.17) is 16.3 Å². The summed E-state index contributed by atoms with van der Waals surface area (Å²) < 4.78 is 5.67. The van der Waals surface area contributed by atoms with Gasteiger partial charge in [-0.2, -0.15) is 0 Å². The molecule has 0 N–H and O–H groups in total. The van der Waals surface area contributed by atoms with Crippen LogP contribution in [0.4, 0.5) is 0 Å². The van der Waals surface area contributed by atoms with Crippen molar-refractivity contribution in [3.63, 3.8) is 0 Å². The van der Waals surface area contributed by atoms with Gasteiger partial charge in [-0.25, -0.2) is 0 Å². The average Bonchev–Trinajstić information content (AvgIpc) is 2.99. The van der Waals surface area contributed by atoms with Crippen LogP contribution in [0.5, 0.6) is 0 Å². The monoisotopic (exact) mass is 357 g/mol. The van der Waals surface area contributed by atoms with Crippen LogP contribution in [-0.4, -0.2) is 37.1 Å². The quantitative estimate of drug-likeness (QED) is 0.817. The molecular formula is C21H24ClNO2. The van der Waals surface area contributed by atoms with Crippen molar-refractivity contribution >= 4 is 17.5 Å². The molecule has 2 aromatic rings. The molecule has 1 aliphatic heterocycles. The van der Waals surface area contributed by atoms with Gasteiger partial charge in [0.15, 0.2) is 0 Å². The Hall–Kier alpha value is -1.84. The summed E-state index contributed by atoms with van der Waals surface area (Å²) in [4.78, 5) is 14.9. The number of benzene rings is 2. The summed E-state index contributed by atoms with van der Waals surface area (Å²) in [6.45, 7) is 5.34. The van der Waals surface area contributed by atoms with E-state index in [1.807, 2.05) is 55.1 Å². The normalized spacial score (nSPS) is 20.1. The van der Waals surface area contributed by atoms with Gasteiger partial charge in [0.1, 0.15) is 0 Å². The van der Waals surface area contributed by atoms with E-state index < -0.39 is 0 Å². The molecule has 1 amide bonds. The van der Waals surface area contributed by atoms with Crippen LogP contribution in [0, 0.1) is 19.8 Å². The number of methoxy groups -OCH3 is 1. The fourth-order valence-electron chi connectivity index (χ4n) is 3.57. The zero-order valence-electron chi connectivity index (χ0n) is 15.0. The molecule has 25 heavy (non-hydrogen) atoms. The van der Waals surface area contributed by atoms with Gasteiger partial charge in [-0.3, -0.25) is 4.79 Å². The molecule has 1 heterocycles. The Balaban J connectivity index is 1.76. The number of aryl methyl sites for hydroxylation is 2. The van der Waals surface area contributed by atoms with Crippen molar-refractivity contribution in [1.82, 2.24) is 4.90 Å². The lowest BCUT2D eigenvalue weighted by Gasteiger charge is -2.18. The first-order valence-electron chi connectivity index (χ1n) is 8.61. The Labute approximate surface area is 154 Å². The number of halogens is 1. The van der Waals surface area contributed by atoms with E-state index in [1.165, 1.54) is 5.56 Å². The molecular weight excluding hydrogens is 334 g/mol. The molecule has 2 unspecified atom stereocenters. The fraction of sp³-hybridized carbons (Fsp3) is 0.381. The highest BCUT2D eigenvalue weighted by Gasteiger charge is 2.36. The van der Waals surface area contributed by atoms with Crippen molar-refractivity contribution in [3.8, 4) is 0 Å². The predicted molar refractivity (Wildman–Crippen MR) is 101 cm³/mol. The maximum atomic E-state index is 13.0. The van der Waals surface area contributed by atoms with Crippen LogP contribution >= 0.6 is 11.6 Å². The van der Waals surface area contributed by atoms with Gasteiger partial charge in [0.25, 0.3) is 5.91 Å². The van der Waals surface area contributed by atoms with Gasteiger partial charge in [0.05, 0.1) is 6.10 Å². The first kappa shape index (κ1) is 18.0. The molecule has 0 aliphatic carbocycles. The van der Waals surface area contributed by atoms with E-state index in [2.05, 4.69) is 6.07 Å². The van der Waals surface area contributed by atoms with Gasteiger partial charge in [-0.05, 0) is 49.6 Å². The van der Waals surface area contributed by atoms with Crippen LogP contribution < -0.4 is 0 Å². The summed E-state index contributed by atoms with van der Waals surface area (Å²) in [5.41, 5.74) is 4.09. The van der Waals surface area contributed by atoms with E-state index in [1.54, 1.807) is 7.11 Å². The number of ether oxygens (including phenoxy) is 1. The summed E-state index contributed by atoms with van der Waals surface area (Å²) in [7, 11) is 1.72. The smallest absolute Gasteiger partial charge is 0.254 e. The molecule has 1 fully saturated rings. The van der Waals surface area contributed by atoms with E-state index in [-0.39, 0.29) is 17.9 Å². The third-order valence-corrected chi connectivity index (χ3v) is 5.22. The number of hydrogen-bond donors (Lipinski definition) is 0. The highest BCUT2D eigenvalue weighted by molar-refractivity contribution is 6.30. The van der Waals surface area contributed by atoms with E-state index >= 15 is 0 Å². The molecule has 0 spiro atoms. The van der Waals surface area contributed by atoms with Gasteiger partial charge in [0.2, 0.25) is 0 Å². The van der Waals surface area contributed by atoms with Crippen molar-refractivity contribution in [2.75, 3.05) is 20.2 Å². The van der Waals surface area contributed by atoms with Gasteiger partial charge in [0, 0.05) is 36.7 Å². The molecule has 0 saturated carbocycles. The van der Waals surface area contributed by atoms with E-state index in [0.717, 1.165) is 28.1 Å². The Morgan fingerprint density at radius 2 is 2.00 bits per heavy atom. The predicted octanol–water partition coefficient (Wildman–Crippen LogP) is 4.29. The zero-order valence-corrected chi connectivity index (χ0v) is 15.7. The third kappa shape index (κ3) is 4.05. The number of rotatable bonds is 4. The van der Waals surface area contributed by atoms with Gasteiger partial charge in [-0.1, -0.05) is 41.4 Å². The van der Waals surface area contributed by atoms with Crippen LogP contribution in [0.1, 0.15) is 27.0 Å². The number of hydrogen-bond acceptors (Lipinski definition) is 2. The summed E-state index contributed by atoms with van der Waals surface area (Å²) >= 11 is 6.10. The molecule has 3 rings (SSSR count). The van der Waals surface area contributed by atoms with Gasteiger partial charge >= 0.3 is 0 Å². The van der Waals surface area contributed by atoms with Crippen molar-refractivity contribution in [2.24, 2.45) is 5.92 Å². The Morgan fingerprint density at radius 3 is 2.72 bits per heavy atom.